The lowest BCUT2D eigenvalue weighted by Gasteiger charge is -2.17. The number of nitrogens with one attached hydrogen (secondary N) is 1. The summed E-state index contributed by atoms with van der Waals surface area (Å²) < 4.78 is 66.1. The molecule has 154 valence electrons. The van der Waals surface area contributed by atoms with Crippen molar-refractivity contribution in [2.24, 2.45) is 0 Å². The molecule has 2 heterocycles. The van der Waals surface area contributed by atoms with Crippen LogP contribution in [0.1, 0.15) is 5.82 Å². The zero-order chi connectivity index (χ0) is 21.5. The zero-order valence-corrected chi connectivity index (χ0v) is 16.4. The molecule has 0 aliphatic heterocycles. The van der Waals surface area contributed by atoms with Crippen LogP contribution in [0.2, 0.25) is 0 Å². The molecule has 4 aromatic rings. The summed E-state index contributed by atoms with van der Waals surface area (Å²) in [5.74, 6) is 0.448. The van der Waals surface area contributed by atoms with Gasteiger partial charge in [-0.25, -0.2) is 9.97 Å². The molecule has 0 spiro atoms. The number of aryl methyl sites for hydroxylation is 1. The van der Waals surface area contributed by atoms with Gasteiger partial charge in [0.1, 0.15) is 11.3 Å². The van der Waals surface area contributed by atoms with Crippen LogP contribution in [0.4, 0.5) is 18.9 Å². The van der Waals surface area contributed by atoms with Crippen molar-refractivity contribution < 1.29 is 21.6 Å². The Kier molecular flexibility index (Phi) is 4.73. The third kappa shape index (κ3) is 3.50. The van der Waals surface area contributed by atoms with Crippen molar-refractivity contribution in [3.63, 3.8) is 0 Å². The lowest BCUT2D eigenvalue weighted by molar-refractivity contribution is -0.0429. The van der Waals surface area contributed by atoms with E-state index in [4.69, 9.17) is 0 Å². The lowest BCUT2D eigenvalue weighted by atomic mass is 10.0. The molecular weight excluding hydrogens is 417 g/mol. The van der Waals surface area contributed by atoms with E-state index in [0.29, 0.717) is 22.6 Å². The molecule has 0 amide bonds. The van der Waals surface area contributed by atoms with Gasteiger partial charge in [-0.3, -0.25) is 9.29 Å². The zero-order valence-electron chi connectivity index (χ0n) is 15.6. The standard InChI is InChI=1S/C20H15F3N4O2S/c1-13-25-16-8-5-11-24-19(16)27(13)18-10-9-15(14-6-3-2-4-7-14)12-17(18)26-30(28,29)20(21,22)23/h2-12,26H,1H3. The van der Waals surface area contributed by atoms with Crippen molar-refractivity contribution in [3.8, 4) is 16.8 Å². The number of alkyl halides is 3. The SMILES string of the molecule is Cc1nc2cccnc2n1-c1ccc(-c2ccccc2)cc1NS(=O)(=O)C(F)(F)F. The normalized spacial score (nSPS) is 12.3. The fourth-order valence-corrected chi connectivity index (χ4v) is 3.71. The van der Waals surface area contributed by atoms with E-state index in [9.17, 15) is 21.6 Å². The molecule has 0 saturated heterocycles. The third-order valence-corrected chi connectivity index (χ3v) is 5.58. The highest BCUT2D eigenvalue weighted by molar-refractivity contribution is 7.93. The van der Waals surface area contributed by atoms with Crippen molar-refractivity contribution in [2.45, 2.75) is 12.4 Å². The monoisotopic (exact) mass is 432 g/mol. The number of benzene rings is 2. The van der Waals surface area contributed by atoms with Crippen molar-refractivity contribution >= 4 is 26.9 Å². The molecule has 2 aromatic heterocycles. The van der Waals surface area contributed by atoms with Gasteiger partial charge >= 0.3 is 15.5 Å². The summed E-state index contributed by atoms with van der Waals surface area (Å²) in [6.45, 7) is 1.66. The maximum Gasteiger partial charge on any atom is 0.516 e. The number of anilines is 1. The number of hydrogen-bond donors (Lipinski definition) is 1. The first kappa shape index (κ1) is 19.9. The Bertz CT molecular complexity index is 1330. The molecule has 0 fully saturated rings. The van der Waals surface area contributed by atoms with Crippen LogP contribution in [0.5, 0.6) is 0 Å². The number of aromatic nitrogens is 3. The maximum atomic E-state index is 13.1. The van der Waals surface area contributed by atoms with E-state index >= 15 is 0 Å². The van der Waals surface area contributed by atoms with Crippen LogP contribution in [-0.2, 0) is 10.0 Å². The summed E-state index contributed by atoms with van der Waals surface area (Å²) >= 11 is 0. The van der Waals surface area contributed by atoms with Gasteiger partial charge in [-0.1, -0.05) is 36.4 Å². The van der Waals surface area contributed by atoms with Crippen LogP contribution < -0.4 is 4.72 Å². The predicted octanol–water partition coefficient (Wildman–Crippen LogP) is 4.66. The van der Waals surface area contributed by atoms with Gasteiger partial charge in [-0.2, -0.15) is 21.6 Å². The Morgan fingerprint density at radius 2 is 1.70 bits per heavy atom. The first-order valence-electron chi connectivity index (χ1n) is 8.76. The van der Waals surface area contributed by atoms with Crippen molar-refractivity contribution in [2.75, 3.05) is 4.72 Å². The minimum Gasteiger partial charge on any atom is -0.279 e. The molecular formula is C20H15F3N4O2S. The average molecular weight is 432 g/mol. The van der Waals surface area contributed by atoms with Crippen LogP contribution in [0, 0.1) is 6.92 Å². The predicted molar refractivity (Wildman–Crippen MR) is 108 cm³/mol. The molecule has 10 heteroatoms. The number of rotatable bonds is 4. The molecule has 1 N–H and O–H groups in total. The first-order chi connectivity index (χ1) is 14.2. The van der Waals surface area contributed by atoms with E-state index < -0.39 is 15.5 Å². The van der Waals surface area contributed by atoms with E-state index in [-0.39, 0.29) is 11.4 Å². The summed E-state index contributed by atoms with van der Waals surface area (Å²) in [5, 5.41) is 0. The summed E-state index contributed by atoms with van der Waals surface area (Å²) in [5.41, 5.74) is -3.31. The highest BCUT2D eigenvalue weighted by Gasteiger charge is 2.46. The molecule has 0 atom stereocenters. The Hall–Kier alpha value is -3.40. The summed E-state index contributed by atoms with van der Waals surface area (Å²) in [6, 6.07) is 16.9. The van der Waals surface area contributed by atoms with Crippen LogP contribution in [0.25, 0.3) is 28.0 Å². The molecule has 0 unspecified atom stereocenters. The first-order valence-corrected chi connectivity index (χ1v) is 10.2. The number of imidazole rings is 1. The number of fused-ring (bicyclic) bond motifs is 1. The molecule has 0 radical (unpaired) electrons. The Morgan fingerprint density at radius 1 is 0.967 bits per heavy atom. The van der Waals surface area contributed by atoms with E-state index in [2.05, 4.69) is 9.97 Å². The van der Waals surface area contributed by atoms with Gasteiger partial charge in [-0.15, -0.1) is 0 Å². The van der Waals surface area contributed by atoms with Gasteiger partial charge in [0.05, 0.1) is 11.4 Å². The van der Waals surface area contributed by atoms with Gasteiger partial charge in [0.15, 0.2) is 5.65 Å². The number of hydrogen-bond acceptors (Lipinski definition) is 4. The molecule has 30 heavy (non-hydrogen) atoms. The molecule has 0 aliphatic rings. The molecule has 2 aromatic carbocycles. The van der Waals surface area contributed by atoms with Crippen molar-refractivity contribution in [1.82, 2.24) is 14.5 Å². The van der Waals surface area contributed by atoms with Crippen molar-refractivity contribution in [3.05, 3.63) is 72.7 Å². The Morgan fingerprint density at radius 3 is 2.40 bits per heavy atom. The third-order valence-electron chi connectivity index (χ3n) is 4.48. The number of nitrogens with zero attached hydrogens (tertiary/aromatic N) is 3. The minimum absolute atomic E-state index is 0.182. The largest absolute Gasteiger partial charge is 0.516 e. The number of halogens is 3. The number of pyridine rings is 1. The molecule has 0 saturated carbocycles. The van der Waals surface area contributed by atoms with Gasteiger partial charge in [-0.05, 0) is 42.3 Å². The highest BCUT2D eigenvalue weighted by atomic mass is 32.2. The van der Waals surface area contributed by atoms with E-state index in [1.165, 1.54) is 16.8 Å². The van der Waals surface area contributed by atoms with Crippen LogP contribution in [-0.4, -0.2) is 28.5 Å². The topological polar surface area (TPSA) is 76.9 Å². The summed E-state index contributed by atoms with van der Waals surface area (Å²) in [6.07, 6.45) is 1.53. The molecule has 0 aliphatic carbocycles. The smallest absolute Gasteiger partial charge is 0.279 e. The maximum absolute atomic E-state index is 13.1. The Balaban J connectivity index is 1.95. The summed E-state index contributed by atoms with van der Waals surface area (Å²) in [4.78, 5) is 8.60. The quantitative estimate of drug-likeness (QED) is 0.509. The average Bonchev–Trinajstić information content (AvgIpc) is 3.03. The van der Waals surface area contributed by atoms with E-state index in [0.717, 1.165) is 5.56 Å². The second-order valence-corrected chi connectivity index (χ2v) is 8.16. The van der Waals surface area contributed by atoms with E-state index in [1.807, 2.05) is 0 Å². The highest BCUT2D eigenvalue weighted by Crippen LogP contribution is 2.34. The van der Waals surface area contributed by atoms with Gasteiger partial charge in [0.2, 0.25) is 0 Å². The molecule has 0 bridgehead atoms. The fourth-order valence-electron chi connectivity index (χ4n) is 3.14. The van der Waals surface area contributed by atoms with E-state index in [1.54, 1.807) is 66.2 Å². The number of sulfonamides is 1. The second kappa shape index (κ2) is 7.13. The fraction of sp³-hybridized carbons (Fsp3) is 0.100. The second-order valence-electron chi connectivity index (χ2n) is 6.49. The molecule has 6 nitrogen and oxygen atoms in total. The molecule has 4 rings (SSSR count). The Labute approximate surface area is 170 Å². The minimum atomic E-state index is -5.63. The lowest BCUT2D eigenvalue weighted by Crippen LogP contribution is -2.30. The van der Waals surface area contributed by atoms with Crippen LogP contribution in [0.3, 0.4) is 0 Å². The van der Waals surface area contributed by atoms with Crippen LogP contribution >= 0.6 is 0 Å². The van der Waals surface area contributed by atoms with Gasteiger partial charge in [0, 0.05) is 6.20 Å². The van der Waals surface area contributed by atoms with Crippen LogP contribution in [0.15, 0.2) is 66.9 Å². The van der Waals surface area contributed by atoms with Gasteiger partial charge in [0.25, 0.3) is 0 Å². The summed E-state index contributed by atoms with van der Waals surface area (Å²) in [7, 11) is -5.63. The van der Waals surface area contributed by atoms with Crippen molar-refractivity contribution in [1.29, 1.82) is 0 Å². The van der Waals surface area contributed by atoms with Gasteiger partial charge < -0.3 is 0 Å².